The van der Waals surface area contributed by atoms with Crippen LogP contribution in [0, 0.1) is 0 Å². The molecule has 4 aromatic carbocycles. The van der Waals surface area contributed by atoms with Gasteiger partial charge in [-0.15, -0.1) is 0 Å². The third-order valence-electron chi connectivity index (χ3n) is 6.87. The van der Waals surface area contributed by atoms with Crippen molar-refractivity contribution in [2.24, 2.45) is 0 Å². The second-order valence-electron chi connectivity index (χ2n) is 10.4. The van der Waals surface area contributed by atoms with Gasteiger partial charge in [-0.1, -0.05) is 72.8 Å². The number of benzene rings is 4. The van der Waals surface area contributed by atoms with E-state index < -0.39 is 47.7 Å². The highest BCUT2D eigenvalue weighted by atomic mass is 19.4. The van der Waals surface area contributed by atoms with Crippen molar-refractivity contribution in [3.8, 4) is 0 Å². The van der Waals surface area contributed by atoms with Crippen LogP contribution in [0.2, 0.25) is 0 Å². The Morgan fingerprint density at radius 2 is 0.792 bits per heavy atom. The van der Waals surface area contributed by atoms with Crippen molar-refractivity contribution in [2.45, 2.75) is 49.6 Å². The molecule has 0 saturated carbocycles. The van der Waals surface area contributed by atoms with Crippen LogP contribution in [0.5, 0.6) is 0 Å². The molecule has 6 N–H and O–H groups in total. The first-order valence-corrected chi connectivity index (χ1v) is 13.8. The molecule has 0 fully saturated rings. The van der Waals surface area contributed by atoms with E-state index in [1.54, 1.807) is 24.3 Å². The third-order valence-corrected chi connectivity index (χ3v) is 6.87. The van der Waals surface area contributed by atoms with E-state index in [-0.39, 0.29) is 35.8 Å². The normalized spacial score (nSPS) is 12.6. The van der Waals surface area contributed by atoms with Gasteiger partial charge in [0, 0.05) is 13.1 Å². The zero-order chi connectivity index (χ0) is 36.0. The summed E-state index contributed by atoms with van der Waals surface area (Å²) in [6.07, 6.45) is -24.5. The van der Waals surface area contributed by atoms with Crippen molar-refractivity contribution < 1.29 is 52.7 Å². The lowest BCUT2D eigenvalue weighted by molar-refractivity contribution is -0.288. The van der Waals surface area contributed by atoms with Gasteiger partial charge in [-0.25, -0.2) is 0 Å². The van der Waals surface area contributed by atoms with Crippen LogP contribution < -0.4 is 22.1 Å². The van der Waals surface area contributed by atoms with E-state index in [2.05, 4.69) is 10.6 Å². The van der Waals surface area contributed by atoms with Gasteiger partial charge >= 0.3 is 24.7 Å². The van der Waals surface area contributed by atoms with Gasteiger partial charge in [0.15, 0.2) is 0 Å². The van der Waals surface area contributed by atoms with Crippen LogP contribution in [0.25, 0.3) is 0 Å². The molecule has 0 atom stereocenters. The Labute approximate surface area is 266 Å². The predicted molar refractivity (Wildman–Crippen MR) is 159 cm³/mol. The first kappa shape index (κ1) is 37.7. The van der Waals surface area contributed by atoms with Gasteiger partial charge in [-0.3, -0.25) is 0 Å². The van der Waals surface area contributed by atoms with Crippen LogP contribution in [0.1, 0.15) is 28.7 Å². The van der Waals surface area contributed by atoms with Crippen molar-refractivity contribution in [3.63, 3.8) is 0 Å². The maximum atomic E-state index is 14.6. The number of nitrogens with two attached hydrogens (primary N) is 2. The molecule has 0 saturated heterocycles. The molecule has 4 nitrogen and oxygen atoms in total. The van der Waals surface area contributed by atoms with Crippen molar-refractivity contribution in [3.05, 3.63) is 119 Å². The SMILES string of the molecule is FC(F)(F)CC(F)(F)F.Nc1cc(C(c2ccc(NCc3ccccc3)c(N)c2)(C(F)(F)F)C(F)(F)F)ccc1NCc1ccccc1. The molecule has 260 valence electrons. The number of nitrogens with one attached hydrogen (secondary N) is 2. The molecular weight excluding hydrogens is 668 g/mol. The molecule has 16 heteroatoms. The molecule has 0 radical (unpaired) electrons. The molecule has 0 aromatic heterocycles. The number of hydrogen-bond acceptors (Lipinski definition) is 4. The van der Waals surface area contributed by atoms with E-state index in [1.165, 1.54) is 0 Å². The van der Waals surface area contributed by atoms with Crippen LogP contribution in [0.3, 0.4) is 0 Å². The molecule has 4 rings (SSSR count). The molecular formula is C32H28F12N4. The van der Waals surface area contributed by atoms with Crippen molar-refractivity contribution in [1.82, 2.24) is 0 Å². The molecule has 0 unspecified atom stereocenters. The number of rotatable bonds is 8. The average molecular weight is 697 g/mol. The van der Waals surface area contributed by atoms with Crippen LogP contribution in [-0.4, -0.2) is 24.7 Å². The number of nitrogen functional groups attached to an aromatic ring is 2. The topological polar surface area (TPSA) is 76.1 Å². The Morgan fingerprint density at radius 3 is 1.04 bits per heavy atom. The second kappa shape index (κ2) is 14.6. The van der Waals surface area contributed by atoms with Crippen LogP contribution >= 0.6 is 0 Å². The van der Waals surface area contributed by atoms with Gasteiger partial charge in [-0.05, 0) is 46.5 Å². The fourth-order valence-corrected chi connectivity index (χ4v) is 4.71. The van der Waals surface area contributed by atoms with Crippen LogP contribution in [0.4, 0.5) is 75.4 Å². The molecule has 4 aromatic rings. The van der Waals surface area contributed by atoms with Crippen molar-refractivity contribution in [2.75, 3.05) is 22.1 Å². The summed E-state index contributed by atoms with van der Waals surface area (Å²) < 4.78 is 153. The van der Waals surface area contributed by atoms with Gasteiger partial charge in [0.05, 0.1) is 22.7 Å². The lowest BCUT2D eigenvalue weighted by atomic mass is 9.72. The maximum absolute atomic E-state index is 14.6. The Kier molecular flexibility index (Phi) is 11.4. The summed E-state index contributed by atoms with van der Waals surface area (Å²) in [4.78, 5) is 0. The lowest BCUT2D eigenvalue weighted by Crippen LogP contribution is -2.54. The minimum atomic E-state index is -5.76. The first-order chi connectivity index (χ1) is 22.1. The Balaban J connectivity index is 0.000000609. The van der Waals surface area contributed by atoms with Crippen molar-refractivity contribution >= 4 is 22.7 Å². The molecule has 0 aliphatic heterocycles. The fourth-order valence-electron chi connectivity index (χ4n) is 4.71. The van der Waals surface area contributed by atoms with E-state index in [4.69, 9.17) is 11.5 Å². The monoisotopic (exact) mass is 696 g/mol. The smallest absolute Gasteiger partial charge is 0.397 e. The summed E-state index contributed by atoms with van der Waals surface area (Å²) >= 11 is 0. The number of hydrogen-bond donors (Lipinski definition) is 4. The highest BCUT2D eigenvalue weighted by molar-refractivity contribution is 5.71. The van der Waals surface area contributed by atoms with E-state index in [0.717, 1.165) is 35.4 Å². The summed E-state index contributed by atoms with van der Waals surface area (Å²) in [7, 11) is 0. The Hall–Kier alpha value is -4.76. The summed E-state index contributed by atoms with van der Waals surface area (Å²) in [5.41, 5.74) is 7.07. The molecule has 0 aliphatic rings. The summed E-state index contributed by atoms with van der Waals surface area (Å²) in [5, 5.41) is 5.91. The molecule has 0 heterocycles. The Bertz CT molecular complexity index is 1490. The summed E-state index contributed by atoms with van der Waals surface area (Å²) in [6.45, 7) is 0.560. The zero-order valence-corrected chi connectivity index (χ0v) is 24.5. The average Bonchev–Trinajstić information content (AvgIpc) is 2.95. The maximum Gasteiger partial charge on any atom is 0.411 e. The van der Waals surface area contributed by atoms with Crippen LogP contribution in [0.15, 0.2) is 97.1 Å². The van der Waals surface area contributed by atoms with Crippen LogP contribution in [-0.2, 0) is 18.5 Å². The van der Waals surface area contributed by atoms with E-state index in [0.29, 0.717) is 12.1 Å². The zero-order valence-electron chi connectivity index (χ0n) is 24.5. The summed E-state index contributed by atoms with van der Waals surface area (Å²) in [6, 6.07) is 23.4. The largest absolute Gasteiger partial charge is 0.411 e. The molecule has 0 amide bonds. The lowest BCUT2D eigenvalue weighted by Gasteiger charge is -2.38. The standard InChI is InChI=1S/C29H26F6N4.C3H2F6/c30-28(31,32)27(29(33,34)35,21-11-13-25(23(36)15-21)38-17-19-7-3-1-4-8-19)22-12-14-26(24(37)16-22)39-18-20-9-5-2-6-10-20;4-2(5,6)1-3(7,8)9/h1-16,38-39H,17-18,36-37H2;1H2. The highest BCUT2D eigenvalue weighted by Gasteiger charge is 2.72. The number of anilines is 4. The quantitative estimate of drug-likeness (QED) is 0.109. The van der Waals surface area contributed by atoms with Gasteiger partial charge in [0.25, 0.3) is 0 Å². The number of alkyl halides is 12. The number of halogens is 12. The summed E-state index contributed by atoms with van der Waals surface area (Å²) in [5.74, 6) is 0. The van der Waals surface area contributed by atoms with Gasteiger partial charge in [0.2, 0.25) is 5.41 Å². The molecule has 48 heavy (non-hydrogen) atoms. The van der Waals surface area contributed by atoms with E-state index in [1.807, 2.05) is 36.4 Å². The van der Waals surface area contributed by atoms with Crippen molar-refractivity contribution in [1.29, 1.82) is 0 Å². The third kappa shape index (κ3) is 9.64. The van der Waals surface area contributed by atoms with Gasteiger partial charge in [-0.2, -0.15) is 52.7 Å². The van der Waals surface area contributed by atoms with Gasteiger partial charge in [0.1, 0.15) is 6.42 Å². The Morgan fingerprint density at radius 1 is 0.458 bits per heavy atom. The molecule has 0 bridgehead atoms. The van der Waals surface area contributed by atoms with Gasteiger partial charge < -0.3 is 22.1 Å². The van der Waals surface area contributed by atoms with E-state index in [9.17, 15) is 52.7 Å². The first-order valence-electron chi connectivity index (χ1n) is 13.8. The minimum Gasteiger partial charge on any atom is -0.397 e. The fraction of sp³-hybridized carbons (Fsp3) is 0.250. The predicted octanol–water partition coefficient (Wildman–Crippen LogP) is 9.99. The highest BCUT2D eigenvalue weighted by Crippen LogP contribution is 2.57. The second-order valence-corrected chi connectivity index (χ2v) is 10.4. The molecule has 0 spiro atoms. The molecule has 0 aliphatic carbocycles. The minimum absolute atomic E-state index is 0.209. The van der Waals surface area contributed by atoms with E-state index >= 15 is 0 Å².